The van der Waals surface area contributed by atoms with Crippen LogP contribution in [-0.4, -0.2) is 43.8 Å². The minimum atomic E-state index is -0.183. The zero-order valence-electron chi connectivity index (χ0n) is 14.3. The van der Waals surface area contributed by atoms with Crippen molar-refractivity contribution >= 4 is 28.2 Å². The third-order valence-electron chi connectivity index (χ3n) is 4.00. The molecule has 0 aliphatic carbocycles. The molecule has 1 aliphatic rings. The summed E-state index contributed by atoms with van der Waals surface area (Å²) in [6.07, 6.45) is 1.58. The Morgan fingerprint density at radius 2 is 2.20 bits per heavy atom. The normalized spacial score (nSPS) is 14.2. The van der Waals surface area contributed by atoms with Crippen LogP contribution in [0.3, 0.4) is 0 Å². The first kappa shape index (κ1) is 17.0. The van der Waals surface area contributed by atoms with Gasteiger partial charge in [0.25, 0.3) is 0 Å². The number of rotatable bonds is 4. The van der Waals surface area contributed by atoms with E-state index in [1.165, 1.54) is 6.92 Å². The average Bonchev–Trinajstić information content (AvgIpc) is 2.61. The highest BCUT2D eigenvalue weighted by molar-refractivity contribution is 6.01. The van der Waals surface area contributed by atoms with E-state index in [9.17, 15) is 10.1 Å². The van der Waals surface area contributed by atoms with Crippen LogP contribution in [0.15, 0.2) is 18.3 Å². The lowest BCUT2D eigenvalue weighted by molar-refractivity contribution is -0.114. The number of morpholine rings is 1. The molecule has 0 atom stereocenters. The Kier molecular flexibility index (Phi) is 5.00. The highest BCUT2D eigenvalue weighted by Crippen LogP contribution is 2.36. The van der Waals surface area contributed by atoms with Crippen LogP contribution in [0.5, 0.6) is 5.75 Å². The summed E-state index contributed by atoms with van der Waals surface area (Å²) < 4.78 is 11.1. The Morgan fingerprint density at radius 1 is 1.44 bits per heavy atom. The Balaban J connectivity index is 2.21. The Bertz CT molecular complexity index is 838. The first-order valence-corrected chi connectivity index (χ1v) is 8.24. The molecule has 1 amide bonds. The third kappa shape index (κ3) is 3.49. The standard InChI is InChI=1S/C18H20N4O3/c1-3-25-17-9-15-14(8-16(17)21-12(2)23)18(13(10-19)11-20-15)22-4-6-24-7-5-22/h8-9,11H,3-7H2,1-2H3,(H,21,23). The van der Waals surface area contributed by atoms with Gasteiger partial charge in [-0.25, -0.2) is 0 Å². The minimum Gasteiger partial charge on any atom is -0.492 e. The van der Waals surface area contributed by atoms with Gasteiger partial charge in [0.05, 0.1) is 42.3 Å². The van der Waals surface area contributed by atoms with Gasteiger partial charge in [-0.15, -0.1) is 0 Å². The molecule has 0 spiro atoms. The highest BCUT2D eigenvalue weighted by Gasteiger charge is 2.20. The van der Waals surface area contributed by atoms with Crippen LogP contribution in [0.4, 0.5) is 11.4 Å². The van der Waals surface area contributed by atoms with Gasteiger partial charge in [0.2, 0.25) is 5.91 Å². The van der Waals surface area contributed by atoms with Gasteiger partial charge in [0.1, 0.15) is 11.8 Å². The molecule has 1 saturated heterocycles. The van der Waals surface area contributed by atoms with E-state index in [1.54, 1.807) is 12.3 Å². The Hall–Kier alpha value is -2.85. The zero-order valence-corrected chi connectivity index (χ0v) is 14.3. The van der Waals surface area contributed by atoms with Crippen LogP contribution in [-0.2, 0) is 9.53 Å². The number of fused-ring (bicyclic) bond motifs is 1. The number of carbonyl (C=O) groups is 1. The number of aromatic nitrogens is 1. The van der Waals surface area contributed by atoms with Crippen molar-refractivity contribution in [2.45, 2.75) is 13.8 Å². The molecule has 2 heterocycles. The molecule has 25 heavy (non-hydrogen) atoms. The first-order chi connectivity index (χ1) is 12.1. The molecule has 0 bridgehead atoms. The molecule has 1 aliphatic heterocycles. The fraction of sp³-hybridized carbons (Fsp3) is 0.389. The minimum absolute atomic E-state index is 0.183. The van der Waals surface area contributed by atoms with Gasteiger partial charge in [-0.05, 0) is 13.0 Å². The smallest absolute Gasteiger partial charge is 0.221 e. The summed E-state index contributed by atoms with van der Waals surface area (Å²) >= 11 is 0. The Labute approximate surface area is 146 Å². The molecule has 3 rings (SSSR count). The lowest BCUT2D eigenvalue weighted by Crippen LogP contribution is -2.36. The molecule has 0 unspecified atom stereocenters. The number of ether oxygens (including phenoxy) is 2. The van der Waals surface area contributed by atoms with Crippen LogP contribution in [0.25, 0.3) is 10.9 Å². The van der Waals surface area contributed by atoms with E-state index in [1.807, 2.05) is 13.0 Å². The van der Waals surface area contributed by atoms with Crippen molar-refractivity contribution in [2.75, 3.05) is 43.1 Å². The van der Waals surface area contributed by atoms with Gasteiger partial charge in [-0.2, -0.15) is 5.26 Å². The molecule has 7 nitrogen and oxygen atoms in total. The SMILES string of the molecule is CCOc1cc2ncc(C#N)c(N3CCOCC3)c2cc1NC(C)=O. The summed E-state index contributed by atoms with van der Waals surface area (Å²) in [4.78, 5) is 18.1. The van der Waals surface area contributed by atoms with Gasteiger partial charge in [0.15, 0.2) is 0 Å². The van der Waals surface area contributed by atoms with Crippen LogP contribution in [0.2, 0.25) is 0 Å². The van der Waals surface area contributed by atoms with Crippen molar-refractivity contribution in [3.05, 3.63) is 23.9 Å². The van der Waals surface area contributed by atoms with E-state index in [0.29, 0.717) is 49.9 Å². The highest BCUT2D eigenvalue weighted by atomic mass is 16.5. The molecular formula is C18H20N4O3. The average molecular weight is 340 g/mol. The van der Waals surface area contributed by atoms with Gasteiger partial charge >= 0.3 is 0 Å². The van der Waals surface area contributed by atoms with E-state index >= 15 is 0 Å². The molecule has 1 fully saturated rings. The number of hydrogen-bond donors (Lipinski definition) is 1. The second-order valence-corrected chi connectivity index (χ2v) is 5.71. The summed E-state index contributed by atoms with van der Waals surface area (Å²) in [5.41, 5.74) is 2.63. The molecule has 0 saturated carbocycles. The van der Waals surface area contributed by atoms with Gasteiger partial charge in [-0.1, -0.05) is 0 Å². The van der Waals surface area contributed by atoms with E-state index < -0.39 is 0 Å². The first-order valence-electron chi connectivity index (χ1n) is 8.24. The second-order valence-electron chi connectivity index (χ2n) is 5.71. The number of pyridine rings is 1. The molecule has 130 valence electrons. The molecule has 1 N–H and O–H groups in total. The lowest BCUT2D eigenvalue weighted by Gasteiger charge is -2.30. The van der Waals surface area contributed by atoms with Crippen molar-refractivity contribution in [3.8, 4) is 11.8 Å². The lowest BCUT2D eigenvalue weighted by atomic mass is 10.1. The second kappa shape index (κ2) is 7.36. The van der Waals surface area contributed by atoms with Crippen LogP contribution >= 0.6 is 0 Å². The van der Waals surface area contributed by atoms with Crippen LogP contribution in [0, 0.1) is 11.3 Å². The predicted octanol–water partition coefficient (Wildman–Crippen LogP) is 2.30. The largest absolute Gasteiger partial charge is 0.492 e. The van der Waals surface area contributed by atoms with Crippen molar-refractivity contribution < 1.29 is 14.3 Å². The quantitative estimate of drug-likeness (QED) is 0.919. The number of benzene rings is 1. The molecule has 2 aromatic rings. The van der Waals surface area contributed by atoms with E-state index in [0.717, 1.165) is 16.6 Å². The molecule has 1 aromatic carbocycles. The topological polar surface area (TPSA) is 87.5 Å². The predicted molar refractivity (Wildman–Crippen MR) is 95.0 cm³/mol. The summed E-state index contributed by atoms with van der Waals surface area (Å²) in [5, 5.41) is 13.1. The van der Waals surface area contributed by atoms with Crippen molar-refractivity contribution in [1.82, 2.24) is 4.98 Å². The summed E-state index contributed by atoms with van der Waals surface area (Å²) in [6.45, 7) is 6.45. The number of carbonyl (C=O) groups excluding carboxylic acids is 1. The van der Waals surface area contributed by atoms with Gasteiger partial charge in [-0.3, -0.25) is 9.78 Å². The van der Waals surface area contributed by atoms with Crippen LogP contribution in [0.1, 0.15) is 19.4 Å². The molecule has 7 heteroatoms. The monoisotopic (exact) mass is 340 g/mol. The van der Waals surface area contributed by atoms with E-state index in [-0.39, 0.29) is 5.91 Å². The number of nitrogens with zero attached hydrogens (tertiary/aromatic N) is 3. The summed E-state index contributed by atoms with van der Waals surface area (Å²) in [6, 6.07) is 5.86. The fourth-order valence-corrected chi connectivity index (χ4v) is 2.98. The third-order valence-corrected chi connectivity index (χ3v) is 4.00. The summed E-state index contributed by atoms with van der Waals surface area (Å²) in [7, 11) is 0. The molecule has 1 aromatic heterocycles. The van der Waals surface area contributed by atoms with Gasteiger partial charge in [0, 0.05) is 37.7 Å². The molecule has 0 radical (unpaired) electrons. The van der Waals surface area contributed by atoms with Crippen LogP contribution < -0.4 is 15.0 Å². The van der Waals surface area contributed by atoms with E-state index in [2.05, 4.69) is 21.3 Å². The number of nitrogens with one attached hydrogen (secondary N) is 1. The number of nitriles is 1. The zero-order chi connectivity index (χ0) is 17.8. The van der Waals surface area contributed by atoms with Crippen molar-refractivity contribution in [2.24, 2.45) is 0 Å². The Morgan fingerprint density at radius 3 is 2.84 bits per heavy atom. The maximum Gasteiger partial charge on any atom is 0.221 e. The van der Waals surface area contributed by atoms with Gasteiger partial charge < -0.3 is 19.7 Å². The summed E-state index contributed by atoms with van der Waals surface area (Å²) in [5.74, 6) is 0.382. The van der Waals surface area contributed by atoms with Crippen molar-refractivity contribution in [3.63, 3.8) is 0 Å². The fourth-order valence-electron chi connectivity index (χ4n) is 2.98. The maximum atomic E-state index is 11.6. The number of anilines is 2. The maximum absolute atomic E-state index is 11.6. The molecular weight excluding hydrogens is 320 g/mol. The number of amides is 1. The van der Waals surface area contributed by atoms with Crippen molar-refractivity contribution in [1.29, 1.82) is 5.26 Å². The number of hydrogen-bond acceptors (Lipinski definition) is 6. The van der Waals surface area contributed by atoms with E-state index in [4.69, 9.17) is 9.47 Å².